The van der Waals surface area contributed by atoms with E-state index in [1.807, 2.05) is 12.3 Å². The molecule has 6 heteroatoms. The van der Waals surface area contributed by atoms with E-state index in [1.54, 1.807) is 18.5 Å². The number of pyridine rings is 1. The van der Waals surface area contributed by atoms with Crippen LogP contribution >= 0.6 is 22.9 Å². The second-order valence-electron chi connectivity index (χ2n) is 3.66. The molecule has 0 fully saturated rings. The van der Waals surface area contributed by atoms with Crippen LogP contribution in [0.15, 0.2) is 30.0 Å². The number of thiazole rings is 1. The molecule has 94 valence electrons. The van der Waals surface area contributed by atoms with Gasteiger partial charge in [-0.15, -0.1) is 11.3 Å². The molecule has 0 aliphatic heterocycles. The maximum Gasteiger partial charge on any atom is 0.254 e. The van der Waals surface area contributed by atoms with E-state index in [4.69, 9.17) is 11.6 Å². The van der Waals surface area contributed by atoms with Crippen LogP contribution in [0.1, 0.15) is 34.8 Å². The van der Waals surface area contributed by atoms with E-state index in [0.29, 0.717) is 10.6 Å². The lowest BCUT2D eigenvalue weighted by atomic mass is 10.2. The largest absolute Gasteiger partial charge is 0.343 e. The van der Waals surface area contributed by atoms with Gasteiger partial charge < -0.3 is 5.32 Å². The SMILES string of the molecule is CCC(NC(=O)c1cnccc1Cl)c1nccs1. The van der Waals surface area contributed by atoms with Gasteiger partial charge in [0.1, 0.15) is 5.01 Å². The van der Waals surface area contributed by atoms with Gasteiger partial charge in [0, 0.05) is 24.0 Å². The molecule has 0 aliphatic carbocycles. The van der Waals surface area contributed by atoms with Crippen LogP contribution in [0, 0.1) is 0 Å². The Hall–Kier alpha value is -1.46. The first kappa shape index (κ1) is 13.0. The first-order valence-electron chi connectivity index (χ1n) is 5.52. The highest BCUT2D eigenvalue weighted by molar-refractivity contribution is 7.09. The number of amides is 1. The summed E-state index contributed by atoms with van der Waals surface area (Å²) in [5.41, 5.74) is 0.383. The maximum absolute atomic E-state index is 12.1. The van der Waals surface area contributed by atoms with Gasteiger partial charge in [0.25, 0.3) is 5.91 Å². The summed E-state index contributed by atoms with van der Waals surface area (Å²) in [4.78, 5) is 20.2. The molecule has 0 aliphatic rings. The number of hydrogen-bond donors (Lipinski definition) is 1. The third-order valence-electron chi connectivity index (χ3n) is 2.48. The van der Waals surface area contributed by atoms with Crippen LogP contribution in [-0.4, -0.2) is 15.9 Å². The second-order valence-corrected chi connectivity index (χ2v) is 4.99. The van der Waals surface area contributed by atoms with Crippen molar-refractivity contribution in [2.45, 2.75) is 19.4 Å². The summed E-state index contributed by atoms with van der Waals surface area (Å²) < 4.78 is 0. The number of rotatable bonds is 4. The fourth-order valence-electron chi connectivity index (χ4n) is 1.53. The fraction of sp³-hybridized carbons (Fsp3) is 0.250. The molecule has 2 aromatic heterocycles. The molecule has 18 heavy (non-hydrogen) atoms. The molecular weight excluding hydrogens is 270 g/mol. The van der Waals surface area contributed by atoms with Crippen LogP contribution < -0.4 is 5.32 Å². The highest BCUT2D eigenvalue weighted by Crippen LogP contribution is 2.20. The molecule has 4 nitrogen and oxygen atoms in total. The molecule has 0 aromatic carbocycles. The van der Waals surface area contributed by atoms with E-state index >= 15 is 0 Å². The summed E-state index contributed by atoms with van der Waals surface area (Å²) in [5, 5.41) is 6.09. The first-order valence-corrected chi connectivity index (χ1v) is 6.78. The number of carbonyl (C=O) groups excluding carboxylic acids is 1. The lowest BCUT2D eigenvalue weighted by molar-refractivity contribution is 0.0935. The van der Waals surface area contributed by atoms with Gasteiger partial charge in [-0.05, 0) is 12.5 Å². The van der Waals surface area contributed by atoms with E-state index in [1.165, 1.54) is 17.5 Å². The van der Waals surface area contributed by atoms with E-state index in [9.17, 15) is 4.79 Å². The van der Waals surface area contributed by atoms with Crippen molar-refractivity contribution < 1.29 is 4.79 Å². The topological polar surface area (TPSA) is 54.9 Å². The Bertz CT molecular complexity index is 530. The quantitative estimate of drug-likeness (QED) is 0.937. The van der Waals surface area contributed by atoms with Crippen molar-refractivity contribution in [1.29, 1.82) is 0 Å². The van der Waals surface area contributed by atoms with Gasteiger partial charge >= 0.3 is 0 Å². The molecule has 0 saturated carbocycles. The highest BCUT2D eigenvalue weighted by Gasteiger charge is 2.17. The monoisotopic (exact) mass is 281 g/mol. The summed E-state index contributed by atoms with van der Waals surface area (Å²) in [6.07, 6.45) is 5.52. The normalized spacial score (nSPS) is 12.1. The van der Waals surface area contributed by atoms with Gasteiger partial charge in [-0.3, -0.25) is 9.78 Å². The predicted molar refractivity (Wildman–Crippen MR) is 71.9 cm³/mol. The van der Waals surface area contributed by atoms with Crippen LogP contribution in [-0.2, 0) is 0 Å². The van der Waals surface area contributed by atoms with E-state index in [2.05, 4.69) is 15.3 Å². The van der Waals surface area contributed by atoms with Crippen LogP contribution in [0.3, 0.4) is 0 Å². The number of nitrogens with one attached hydrogen (secondary N) is 1. The standard InChI is InChI=1S/C12H12ClN3OS/c1-2-10(12-15-5-6-18-12)16-11(17)8-7-14-4-3-9(8)13/h3-7,10H,2H2,1H3,(H,16,17). The third kappa shape index (κ3) is 2.86. The zero-order valence-electron chi connectivity index (χ0n) is 9.76. The van der Waals surface area contributed by atoms with Crippen molar-refractivity contribution in [1.82, 2.24) is 15.3 Å². The number of hydrogen-bond acceptors (Lipinski definition) is 4. The van der Waals surface area contributed by atoms with Gasteiger partial charge in [0.05, 0.1) is 16.6 Å². The Morgan fingerprint density at radius 3 is 3.00 bits per heavy atom. The molecule has 0 saturated heterocycles. The molecule has 0 radical (unpaired) electrons. The zero-order chi connectivity index (χ0) is 13.0. The average Bonchev–Trinajstić information content (AvgIpc) is 2.90. The average molecular weight is 282 g/mol. The predicted octanol–water partition coefficient (Wildman–Crippen LogP) is 3.07. The van der Waals surface area contributed by atoms with Crippen molar-refractivity contribution in [3.05, 3.63) is 45.6 Å². The molecule has 2 rings (SSSR count). The lowest BCUT2D eigenvalue weighted by Gasteiger charge is -2.14. The maximum atomic E-state index is 12.1. The molecule has 2 aromatic rings. The molecule has 0 bridgehead atoms. The Morgan fingerprint density at radius 1 is 1.56 bits per heavy atom. The van der Waals surface area contributed by atoms with Crippen molar-refractivity contribution in [3.8, 4) is 0 Å². The minimum absolute atomic E-state index is 0.0891. The zero-order valence-corrected chi connectivity index (χ0v) is 11.3. The number of nitrogens with zero attached hydrogens (tertiary/aromatic N) is 2. The van der Waals surface area contributed by atoms with E-state index < -0.39 is 0 Å². The van der Waals surface area contributed by atoms with Crippen LogP contribution in [0.2, 0.25) is 5.02 Å². The van der Waals surface area contributed by atoms with Crippen molar-refractivity contribution in [2.75, 3.05) is 0 Å². The van der Waals surface area contributed by atoms with Crippen LogP contribution in [0.4, 0.5) is 0 Å². The Kier molecular flexibility index (Phi) is 4.28. The van der Waals surface area contributed by atoms with Crippen molar-refractivity contribution in [3.63, 3.8) is 0 Å². The van der Waals surface area contributed by atoms with Gasteiger partial charge in [-0.2, -0.15) is 0 Å². The van der Waals surface area contributed by atoms with Crippen LogP contribution in [0.25, 0.3) is 0 Å². The summed E-state index contributed by atoms with van der Waals surface area (Å²) in [7, 11) is 0. The van der Waals surface area contributed by atoms with Crippen LogP contribution in [0.5, 0.6) is 0 Å². The minimum atomic E-state index is -0.227. The number of carbonyl (C=O) groups is 1. The Balaban J connectivity index is 2.14. The molecule has 1 unspecified atom stereocenters. The summed E-state index contributed by atoms with van der Waals surface area (Å²) >= 11 is 7.48. The highest BCUT2D eigenvalue weighted by atomic mass is 35.5. The summed E-state index contributed by atoms with van der Waals surface area (Å²) in [6.45, 7) is 2.00. The number of aromatic nitrogens is 2. The molecule has 1 amide bonds. The van der Waals surface area contributed by atoms with Gasteiger partial charge in [-0.25, -0.2) is 4.98 Å². The molecule has 1 atom stereocenters. The van der Waals surface area contributed by atoms with Gasteiger partial charge in [-0.1, -0.05) is 18.5 Å². The minimum Gasteiger partial charge on any atom is -0.343 e. The van der Waals surface area contributed by atoms with E-state index in [-0.39, 0.29) is 11.9 Å². The number of halogens is 1. The molecular formula is C12H12ClN3OS. The van der Waals surface area contributed by atoms with E-state index in [0.717, 1.165) is 11.4 Å². The summed E-state index contributed by atoms with van der Waals surface area (Å²) in [5.74, 6) is -0.227. The molecule has 1 N–H and O–H groups in total. The molecule has 0 spiro atoms. The molecule has 2 heterocycles. The summed E-state index contributed by atoms with van der Waals surface area (Å²) in [6, 6.07) is 1.51. The third-order valence-corrected chi connectivity index (χ3v) is 3.69. The van der Waals surface area contributed by atoms with Gasteiger partial charge in [0.2, 0.25) is 0 Å². The first-order chi connectivity index (χ1) is 8.72. The smallest absolute Gasteiger partial charge is 0.254 e. The van der Waals surface area contributed by atoms with Crippen molar-refractivity contribution >= 4 is 28.8 Å². The Labute approximate surface area is 114 Å². The fourth-order valence-corrected chi connectivity index (χ4v) is 2.49. The lowest BCUT2D eigenvalue weighted by Crippen LogP contribution is -2.28. The van der Waals surface area contributed by atoms with Gasteiger partial charge in [0.15, 0.2) is 0 Å². The second kappa shape index (κ2) is 5.93. The Morgan fingerprint density at radius 2 is 2.39 bits per heavy atom. The van der Waals surface area contributed by atoms with Crippen molar-refractivity contribution in [2.24, 2.45) is 0 Å².